The lowest BCUT2D eigenvalue weighted by Crippen LogP contribution is -2.45. The van der Waals surface area contributed by atoms with Gasteiger partial charge in [-0.15, -0.1) is 0 Å². The summed E-state index contributed by atoms with van der Waals surface area (Å²) in [6.07, 6.45) is 10.0. The molecule has 2 rings (SSSR count). The van der Waals surface area contributed by atoms with E-state index in [2.05, 4.69) is 31.0 Å². The Morgan fingerprint density at radius 3 is 2.47 bits per heavy atom. The molecule has 2 unspecified atom stereocenters. The quantitative estimate of drug-likeness (QED) is 0.817. The lowest BCUT2D eigenvalue weighted by atomic mass is 9.81. The van der Waals surface area contributed by atoms with Crippen molar-refractivity contribution in [3.8, 4) is 0 Å². The van der Waals surface area contributed by atoms with Crippen molar-refractivity contribution >= 4 is 0 Å². The van der Waals surface area contributed by atoms with Gasteiger partial charge in [-0.3, -0.25) is 0 Å². The van der Waals surface area contributed by atoms with E-state index in [0.717, 1.165) is 23.9 Å². The van der Waals surface area contributed by atoms with Crippen LogP contribution in [0, 0.1) is 11.8 Å². The van der Waals surface area contributed by atoms with Crippen LogP contribution in [0.2, 0.25) is 0 Å². The second kappa shape index (κ2) is 7.64. The predicted octanol–water partition coefficient (Wildman–Crippen LogP) is 3.67. The monoisotopic (exact) mass is 266 g/mol. The molecule has 1 heterocycles. The zero-order valence-electron chi connectivity index (χ0n) is 13.3. The molecule has 0 radical (unpaired) electrons. The van der Waals surface area contributed by atoms with E-state index >= 15 is 0 Å². The average Bonchev–Trinajstić information content (AvgIpc) is 2.39. The number of rotatable bonds is 5. The molecule has 1 saturated carbocycles. The van der Waals surface area contributed by atoms with Gasteiger partial charge in [-0.2, -0.15) is 0 Å². The number of piperidine rings is 1. The van der Waals surface area contributed by atoms with Gasteiger partial charge < -0.3 is 10.2 Å². The first kappa shape index (κ1) is 15.3. The van der Waals surface area contributed by atoms with Gasteiger partial charge in [0.15, 0.2) is 0 Å². The Bertz CT molecular complexity index is 244. The van der Waals surface area contributed by atoms with Gasteiger partial charge in [-0.25, -0.2) is 0 Å². The summed E-state index contributed by atoms with van der Waals surface area (Å²) in [6.45, 7) is 10.9. The summed E-state index contributed by atoms with van der Waals surface area (Å²) >= 11 is 0. The summed E-state index contributed by atoms with van der Waals surface area (Å²) in [7, 11) is 0. The lowest BCUT2D eigenvalue weighted by Gasteiger charge is -2.35. The van der Waals surface area contributed by atoms with Gasteiger partial charge >= 0.3 is 0 Å². The van der Waals surface area contributed by atoms with Gasteiger partial charge in [0.25, 0.3) is 0 Å². The second-order valence-corrected chi connectivity index (χ2v) is 7.28. The fourth-order valence-electron chi connectivity index (χ4n) is 3.93. The van der Waals surface area contributed by atoms with Crippen molar-refractivity contribution in [2.24, 2.45) is 11.8 Å². The van der Waals surface area contributed by atoms with Crippen molar-refractivity contribution in [2.45, 2.75) is 77.8 Å². The fourth-order valence-corrected chi connectivity index (χ4v) is 3.93. The number of hydrogen-bond donors (Lipinski definition) is 1. The average molecular weight is 266 g/mol. The number of likely N-dealkylation sites (tertiary alicyclic amines) is 1. The molecule has 0 amide bonds. The minimum absolute atomic E-state index is 0.727. The van der Waals surface area contributed by atoms with Gasteiger partial charge in [0.2, 0.25) is 0 Å². The SMILES string of the molecule is CC1CCCC(CCNC2CCN(C(C)C)CC2)C1. The number of nitrogens with zero attached hydrogens (tertiary/aromatic N) is 1. The predicted molar refractivity (Wildman–Crippen MR) is 83.5 cm³/mol. The van der Waals surface area contributed by atoms with Gasteiger partial charge in [0.1, 0.15) is 0 Å². The maximum absolute atomic E-state index is 3.82. The van der Waals surface area contributed by atoms with Crippen LogP contribution in [0.15, 0.2) is 0 Å². The van der Waals surface area contributed by atoms with Crippen LogP contribution in [0.1, 0.15) is 65.7 Å². The summed E-state index contributed by atoms with van der Waals surface area (Å²) in [5.41, 5.74) is 0. The first-order valence-corrected chi connectivity index (χ1v) is 8.62. The zero-order chi connectivity index (χ0) is 13.7. The van der Waals surface area contributed by atoms with Gasteiger partial charge in [-0.05, 0) is 71.0 Å². The molecule has 2 nitrogen and oxygen atoms in total. The summed E-state index contributed by atoms with van der Waals surface area (Å²) in [5.74, 6) is 1.99. The van der Waals surface area contributed by atoms with Crippen LogP contribution in [0.25, 0.3) is 0 Å². The van der Waals surface area contributed by atoms with E-state index in [4.69, 9.17) is 0 Å². The molecule has 0 aromatic carbocycles. The molecule has 0 aromatic heterocycles. The highest BCUT2D eigenvalue weighted by Crippen LogP contribution is 2.30. The van der Waals surface area contributed by atoms with Crippen LogP contribution in [-0.2, 0) is 0 Å². The largest absolute Gasteiger partial charge is 0.314 e. The first-order valence-electron chi connectivity index (χ1n) is 8.62. The molecule has 1 aliphatic heterocycles. The fraction of sp³-hybridized carbons (Fsp3) is 1.00. The third-order valence-electron chi connectivity index (χ3n) is 5.29. The van der Waals surface area contributed by atoms with Crippen LogP contribution >= 0.6 is 0 Å². The second-order valence-electron chi connectivity index (χ2n) is 7.28. The highest BCUT2D eigenvalue weighted by Gasteiger charge is 2.21. The normalized spacial score (nSPS) is 30.9. The van der Waals surface area contributed by atoms with E-state index in [-0.39, 0.29) is 0 Å². The Labute approximate surface area is 120 Å². The Balaban J connectivity index is 1.56. The zero-order valence-corrected chi connectivity index (χ0v) is 13.3. The third kappa shape index (κ3) is 5.07. The molecule has 1 N–H and O–H groups in total. The van der Waals surface area contributed by atoms with Crippen LogP contribution < -0.4 is 5.32 Å². The first-order chi connectivity index (χ1) is 9.15. The third-order valence-corrected chi connectivity index (χ3v) is 5.29. The number of nitrogens with one attached hydrogen (secondary N) is 1. The molecule has 0 spiro atoms. The van der Waals surface area contributed by atoms with E-state index < -0.39 is 0 Å². The maximum Gasteiger partial charge on any atom is 0.00914 e. The number of hydrogen-bond acceptors (Lipinski definition) is 2. The van der Waals surface area contributed by atoms with Crippen LogP contribution in [-0.4, -0.2) is 36.6 Å². The summed E-state index contributed by atoms with van der Waals surface area (Å²) in [4.78, 5) is 2.61. The minimum Gasteiger partial charge on any atom is -0.314 e. The molecular weight excluding hydrogens is 232 g/mol. The van der Waals surface area contributed by atoms with E-state index in [1.165, 1.54) is 64.6 Å². The van der Waals surface area contributed by atoms with Crippen LogP contribution in [0.5, 0.6) is 0 Å². The van der Waals surface area contributed by atoms with E-state index in [1.807, 2.05) is 0 Å². The summed E-state index contributed by atoms with van der Waals surface area (Å²) < 4.78 is 0. The standard InChI is InChI=1S/C17H34N2/c1-14(2)19-11-8-17(9-12-19)18-10-7-16-6-4-5-15(3)13-16/h14-18H,4-13H2,1-3H3. The van der Waals surface area contributed by atoms with Gasteiger partial charge in [-0.1, -0.05) is 26.2 Å². The van der Waals surface area contributed by atoms with Crippen molar-refractivity contribution in [1.82, 2.24) is 10.2 Å². The van der Waals surface area contributed by atoms with Crippen molar-refractivity contribution in [3.63, 3.8) is 0 Å². The Hall–Kier alpha value is -0.0800. The Morgan fingerprint density at radius 2 is 1.84 bits per heavy atom. The van der Waals surface area contributed by atoms with Gasteiger partial charge in [0.05, 0.1) is 0 Å². The maximum atomic E-state index is 3.82. The molecule has 0 aromatic rings. The molecule has 112 valence electrons. The van der Waals surface area contributed by atoms with Crippen molar-refractivity contribution in [1.29, 1.82) is 0 Å². The van der Waals surface area contributed by atoms with E-state index in [0.29, 0.717) is 0 Å². The van der Waals surface area contributed by atoms with E-state index in [1.54, 1.807) is 0 Å². The Kier molecular flexibility index (Phi) is 6.15. The molecule has 0 bridgehead atoms. The molecule has 1 aliphatic carbocycles. The van der Waals surface area contributed by atoms with Crippen molar-refractivity contribution in [3.05, 3.63) is 0 Å². The molecule has 19 heavy (non-hydrogen) atoms. The summed E-state index contributed by atoms with van der Waals surface area (Å²) in [6, 6.07) is 1.51. The highest BCUT2D eigenvalue weighted by molar-refractivity contribution is 4.79. The molecular formula is C17H34N2. The van der Waals surface area contributed by atoms with Crippen molar-refractivity contribution in [2.75, 3.05) is 19.6 Å². The van der Waals surface area contributed by atoms with Crippen LogP contribution in [0.3, 0.4) is 0 Å². The van der Waals surface area contributed by atoms with Crippen LogP contribution in [0.4, 0.5) is 0 Å². The van der Waals surface area contributed by atoms with E-state index in [9.17, 15) is 0 Å². The minimum atomic E-state index is 0.727. The summed E-state index contributed by atoms with van der Waals surface area (Å²) in [5, 5.41) is 3.82. The molecule has 2 heteroatoms. The molecule has 2 aliphatic rings. The lowest BCUT2D eigenvalue weighted by molar-refractivity contribution is 0.159. The smallest absolute Gasteiger partial charge is 0.00914 e. The molecule has 2 atom stereocenters. The van der Waals surface area contributed by atoms with Crippen molar-refractivity contribution < 1.29 is 0 Å². The molecule has 2 fully saturated rings. The van der Waals surface area contributed by atoms with Gasteiger partial charge in [0, 0.05) is 12.1 Å². The highest BCUT2D eigenvalue weighted by atomic mass is 15.2. The molecule has 1 saturated heterocycles. The Morgan fingerprint density at radius 1 is 1.11 bits per heavy atom. The topological polar surface area (TPSA) is 15.3 Å².